The Morgan fingerprint density at radius 2 is 0.656 bits per heavy atom. The van der Waals surface area contributed by atoms with Crippen LogP contribution in [0.1, 0.15) is 252 Å². The summed E-state index contributed by atoms with van der Waals surface area (Å²) >= 11 is 0. The van der Waals surface area contributed by atoms with E-state index in [1.54, 1.807) is 0 Å². The van der Waals surface area contributed by atoms with Crippen LogP contribution in [0.3, 0.4) is 0 Å². The fourth-order valence-electron chi connectivity index (χ4n) is 7.21. The van der Waals surface area contributed by atoms with Gasteiger partial charge in [0.1, 0.15) is 13.2 Å². The van der Waals surface area contributed by atoms with Gasteiger partial charge in [-0.2, -0.15) is 0 Å². The molecule has 0 N–H and O–H groups in total. The molecule has 1 atom stereocenters. The first-order valence-corrected chi connectivity index (χ1v) is 25.8. The largest absolute Gasteiger partial charge is 0.462 e. The lowest BCUT2D eigenvalue weighted by molar-refractivity contribution is -0.167. The summed E-state index contributed by atoms with van der Waals surface area (Å²) in [5, 5.41) is 0. The van der Waals surface area contributed by atoms with Crippen molar-refractivity contribution in [1.29, 1.82) is 0 Å². The average molecular weight is 853 g/mol. The van der Waals surface area contributed by atoms with Gasteiger partial charge in [-0.1, -0.05) is 229 Å². The lowest BCUT2D eigenvalue weighted by atomic mass is 10.0. The number of carbonyl (C=O) groups excluding carboxylic acids is 3. The zero-order chi connectivity index (χ0) is 44.4. The molecule has 0 amide bonds. The molecule has 0 fully saturated rings. The first-order valence-electron chi connectivity index (χ1n) is 25.8. The van der Waals surface area contributed by atoms with Crippen LogP contribution in [0.2, 0.25) is 0 Å². The molecule has 0 aromatic rings. The van der Waals surface area contributed by atoms with Gasteiger partial charge in [0, 0.05) is 19.3 Å². The summed E-state index contributed by atoms with van der Waals surface area (Å²) in [7, 11) is 0. The van der Waals surface area contributed by atoms with Crippen LogP contribution >= 0.6 is 0 Å². The van der Waals surface area contributed by atoms with Crippen LogP contribution < -0.4 is 0 Å². The number of allylic oxidation sites excluding steroid dienone is 10. The number of rotatable bonds is 46. The molecular weight excluding hydrogens is 757 g/mol. The summed E-state index contributed by atoms with van der Waals surface area (Å²) in [6, 6.07) is 0. The molecule has 0 heterocycles. The first kappa shape index (κ1) is 58.1. The number of hydrogen-bond donors (Lipinski definition) is 0. The Morgan fingerprint density at radius 1 is 0.344 bits per heavy atom. The molecule has 61 heavy (non-hydrogen) atoms. The van der Waals surface area contributed by atoms with Crippen LogP contribution in [-0.2, 0) is 28.6 Å². The summed E-state index contributed by atoms with van der Waals surface area (Å²) in [5.41, 5.74) is 0. The zero-order valence-corrected chi connectivity index (χ0v) is 40.2. The third-order valence-electron chi connectivity index (χ3n) is 11.1. The van der Waals surface area contributed by atoms with Gasteiger partial charge in [-0.05, 0) is 64.2 Å². The van der Waals surface area contributed by atoms with Crippen molar-refractivity contribution in [3.05, 3.63) is 60.8 Å². The fraction of sp³-hybridized carbons (Fsp3) is 0.764. The van der Waals surface area contributed by atoms with Gasteiger partial charge >= 0.3 is 17.9 Å². The van der Waals surface area contributed by atoms with Crippen LogP contribution in [0.15, 0.2) is 60.8 Å². The second-order valence-electron chi connectivity index (χ2n) is 17.1. The molecule has 6 heteroatoms. The third kappa shape index (κ3) is 48.0. The fourth-order valence-corrected chi connectivity index (χ4v) is 7.21. The van der Waals surface area contributed by atoms with Gasteiger partial charge in [-0.3, -0.25) is 14.4 Å². The molecular formula is C55H96O6. The molecule has 0 aromatic carbocycles. The normalized spacial score (nSPS) is 12.5. The van der Waals surface area contributed by atoms with E-state index in [0.717, 1.165) is 77.0 Å². The van der Waals surface area contributed by atoms with E-state index in [1.165, 1.54) is 135 Å². The van der Waals surface area contributed by atoms with Crippen molar-refractivity contribution in [2.24, 2.45) is 0 Å². The van der Waals surface area contributed by atoms with Crippen LogP contribution in [-0.4, -0.2) is 37.2 Å². The minimum atomic E-state index is -0.790. The number of ether oxygens (including phenoxy) is 3. The highest BCUT2D eigenvalue weighted by atomic mass is 16.6. The second kappa shape index (κ2) is 49.8. The Balaban J connectivity index is 4.42. The van der Waals surface area contributed by atoms with Crippen molar-refractivity contribution in [1.82, 2.24) is 0 Å². The minimum absolute atomic E-state index is 0.0895. The van der Waals surface area contributed by atoms with Crippen LogP contribution in [0, 0.1) is 0 Å². The van der Waals surface area contributed by atoms with Crippen molar-refractivity contribution in [2.75, 3.05) is 13.2 Å². The van der Waals surface area contributed by atoms with Gasteiger partial charge in [0.05, 0.1) is 0 Å². The predicted octanol–water partition coefficient (Wildman–Crippen LogP) is 16.9. The third-order valence-corrected chi connectivity index (χ3v) is 11.1. The van der Waals surface area contributed by atoms with Gasteiger partial charge in [-0.25, -0.2) is 0 Å². The zero-order valence-electron chi connectivity index (χ0n) is 40.2. The Morgan fingerprint density at radius 3 is 1.07 bits per heavy atom. The van der Waals surface area contributed by atoms with E-state index in [0.29, 0.717) is 19.3 Å². The van der Waals surface area contributed by atoms with Crippen molar-refractivity contribution in [3.8, 4) is 0 Å². The van der Waals surface area contributed by atoms with E-state index in [-0.39, 0.29) is 31.1 Å². The summed E-state index contributed by atoms with van der Waals surface area (Å²) in [5.74, 6) is -0.931. The molecule has 6 nitrogen and oxygen atoms in total. The van der Waals surface area contributed by atoms with Crippen molar-refractivity contribution >= 4 is 17.9 Å². The Hall–Kier alpha value is -2.89. The van der Waals surface area contributed by atoms with E-state index in [9.17, 15) is 14.4 Å². The number of esters is 3. The van der Waals surface area contributed by atoms with Crippen molar-refractivity contribution in [2.45, 2.75) is 258 Å². The van der Waals surface area contributed by atoms with Gasteiger partial charge in [0.25, 0.3) is 0 Å². The van der Waals surface area contributed by atoms with Gasteiger partial charge in [0.15, 0.2) is 6.10 Å². The number of carbonyl (C=O) groups is 3. The maximum Gasteiger partial charge on any atom is 0.306 e. The molecule has 0 aromatic heterocycles. The predicted molar refractivity (Wildman–Crippen MR) is 261 cm³/mol. The van der Waals surface area contributed by atoms with E-state index < -0.39 is 6.10 Å². The van der Waals surface area contributed by atoms with Crippen LogP contribution in [0.4, 0.5) is 0 Å². The Bertz CT molecular complexity index is 1120. The monoisotopic (exact) mass is 853 g/mol. The van der Waals surface area contributed by atoms with E-state index in [2.05, 4.69) is 51.2 Å². The summed E-state index contributed by atoms with van der Waals surface area (Å²) < 4.78 is 16.8. The Labute approximate surface area is 377 Å². The first-order chi connectivity index (χ1) is 30.0. The molecule has 0 spiro atoms. The van der Waals surface area contributed by atoms with Gasteiger partial charge < -0.3 is 14.2 Å². The molecule has 0 saturated heterocycles. The summed E-state index contributed by atoms with van der Waals surface area (Å²) in [4.78, 5) is 37.9. The molecule has 0 saturated carbocycles. The molecule has 0 aliphatic heterocycles. The second-order valence-corrected chi connectivity index (χ2v) is 17.1. The lowest BCUT2D eigenvalue weighted by Crippen LogP contribution is -2.30. The smallest absolute Gasteiger partial charge is 0.306 e. The standard InChI is InChI=1S/C55H96O6/c1-4-7-10-13-16-19-22-25-27-28-31-33-36-39-42-45-48-54(57)60-51-52(50-59-53(56)47-44-41-38-35-32-29-24-21-18-15-12-9-6-3)61-55(58)49-46-43-40-37-34-30-26-23-20-17-14-11-8-5-2/h9,12,15,18,21,24,27-29,32,52H,4-8,10-11,13-14,16-17,19-20,22-23,25-26,30-31,33-51H2,1-3H3/b12-9-,18-15-,24-21-,28-27-,32-29-. The minimum Gasteiger partial charge on any atom is -0.462 e. The van der Waals surface area contributed by atoms with Crippen LogP contribution in [0.5, 0.6) is 0 Å². The highest BCUT2D eigenvalue weighted by molar-refractivity contribution is 5.71. The van der Waals surface area contributed by atoms with Gasteiger partial charge in [-0.15, -0.1) is 0 Å². The van der Waals surface area contributed by atoms with E-state index >= 15 is 0 Å². The number of unbranched alkanes of at least 4 members (excludes halogenated alkanes) is 28. The SMILES string of the molecule is CC\C=C/C=C\C=C/C=C\CCCCCC(=O)OCC(COC(=O)CCCCCCC/C=C\CCCCCCCCC)OC(=O)CCCCCCCCCCCCCCCC. The molecule has 0 radical (unpaired) electrons. The molecule has 0 bridgehead atoms. The van der Waals surface area contributed by atoms with Crippen molar-refractivity contribution < 1.29 is 28.6 Å². The van der Waals surface area contributed by atoms with Gasteiger partial charge in [0.2, 0.25) is 0 Å². The summed E-state index contributed by atoms with van der Waals surface area (Å²) in [6.45, 7) is 6.46. The molecule has 1 unspecified atom stereocenters. The highest BCUT2D eigenvalue weighted by Crippen LogP contribution is 2.15. The van der Waals surface area contributed by atoms with Crippen molar-refractivity contribution in [3.63, 3.8) is 0 Å². The van der Waals surface area contributed by atoms with Crippen LogP contribution in [0.25, 0.3) is 0 Å². The summed E-state index contributed by atoms with van der Waals surface area (Å²) in [6.07, 6.45) is 60.6. The lowest BCUT2D eigenvalue weighted by Gasteiger charge is -2.18. The van der Waals surface area contributed by atoms with E-state index in [4.69, 9.17) is 14.2 Å². The average Bonchev–Trinajstić information content (AvgIpc) is 3.26. The quantitative estimate of drug-likeness (QED) is 0.0200. The Kier molecular flexibility index (Phi) is 47.4. The maximum absolute atomic E-state index is 12.8. The molecule has 0 aliphatic carbocycles. The highest BCUT2D eigenvalue weighted by Gasteiger charge is 2.19. The maximum atomic E-state index is 12.8. The van der Waals surface area contributed by atoms with E-state index in [1.807, 2.05) is 30.4 Å². The number of hydrogen-bond acceptors (Lipinski definition) is 6. The molecule has 0 aliphatic rings. The topological polar surface area (TPSA) is 78.9 Å². The molecule has 0 rings (SSSR count). The molecule has 352 valence electrons.